The summed E-state index contributed by atoms with van der Waals surface area (Å²) in [6.45, 7) is 3.76. The van der Waals surface area contributed by atoms with Gasteiger partial charge >= 0.3 is 0 Å². The van der Waals surface area contributed by atoms with Crippen LogP contribution in [0.4, 0.5) is 0 Å². The molecule has 2 rings (SSSR count). The van der Waals surface area contributed by atoms with Crippen molar-refractivity contribution in [3.63, 3.8) is 0 Å². The van der Waals surface area contributed by atoms with E-state index in [9.17, 15) is 9.59 Å². The van der Waals surface area contributed by atoms with E-state index in [2.05, 4.69) is 11.9 Å². The quantitative estimate of drug-likeness (QED) is 0.293. The number of hydrogen-bond acceptors (Lipinski definition) is 2. The normalized spacial score (nSPS) is 15.9. The van der Waals surface area contributed by atoms with Gasteiger partial charge in [-0.15, -0.1) is 6.58 Å². The van der Waals surface area contributed by atoms with Gasteiger partial charge in [0, 0.05) is 25.9 Å². The van der Waals surface area contributed by atoms with Crippen molar-refractivity contribution >= 4 is 11.8 Å². The lowest BCUT2D eigenvalue weighted by molar-refractivity contribution is -0.139. The number of hydrogen-bond donors (Lipinski definition) is 1. The average molecular weight is 441 g/mol. The molecule has 4 heteroatoms. The van der Waals surface area contributed by atoms with Crippen molar-refractivity contribution in [3.8, 4) is 0 Å². The smallest absolute Gasteiger partial charge is 0.243 e. The molecule has 1 saturated carbocycles. The SMILES string of the molecule is C=CCCCCCCCC(=O)N(C)[C@@H](Cc1ccccc1)C(=O)NC1CCCCCCC1. The third-order valence-electron chi connectivity index (χ3n) is 6.69. The first-order valence-electron chi connectivity index (χ1n) is 12.8. The highest BCUT2D eigenvalue weighted by Crippen LogP contribution is 2.18. The van der Waals surface area contributed by atoms with E-state index in [1.165, 1.54) is 44.9 Å². The van der Waals surface area contributed by atoms with Gasteiger partial charge in [-0.2, -0.15) is 0 Å². The van der Waals surface area contributed by atoms with Crippen LogP contribution in [-0.4, -0.2) is 35.8 Å². The molecule has 0 bridgehead atoms. The van der Waals surface area contributed by atoms with Crippen molar-refractivity contribution < 1.29 is 9.59 Å². The Morgan fingerprint density at radius 1 is 1.00 bits per heavy atom. The van der Waals surface area contributed by atoms with Gasteiger partial charge < -0.3 is 10.2 Å². The molecule has 0 spiro atoms. The topological polar surface area (TPSA) is 49.4 Å². The number of nitrogens with zero attached hydrogens (tertiary/aromatic N) is 1. The van der Waals surface area contributed by atoms with Crippen LogP contribution in [0, 0.1) is 0 Å². The van der Waals surface area contributed by atoms with Gasteiger partial charge in [0.25, 0.3) is 0 Å². The summed E-state index contributed by atoms with van der Waals surface area (Å²) in [6.07, 6.45) is 17.9. The molecule has 1 atom stereocenters. The van der Waals surface area contributed by atoms with Gasteiger partial charge in [0.2, 0.25) is 11.8 Å². The minimum atomic E-state index is -0.456. The van der Waals surface area contributed by atoms with E-state index in [0.717, 1.165) is 44.1 Å². The molecule has 0 aliphatic heterocycles. The molecular weight excluding hydrogens is 396 g/mol. The third-order valence-corrected chi connectivity index (χ3v) is 6.69. The highest BCUT2D eigenvalue weighted by molar-refractivity contribution is 5.88. The highest BCUT2D eigenvalue weighted by Gasteiger charge is 2.28. The molecule has 178 valence electrons. The number of amides is 2. The third kappa shape index (κ3) is 10.0. The molecule has 32 heavy (non-hydrogen) atoms. The molecule has 0 heterocycles. The van der Waals surface area contributed by atoms with Crippen molar-refractivity contribution in [2.45, 2.75) is 108 Å². The van der Waals surface area contributed by atoms with E-state index in [-0.39, 0.29) is 17.9 Å². The second-order valence-corrected chi connectivity index (χ2v) is 9.36. The lowest BCUT2D eigenvalue weighted by Crippen LogP contribution is -2.51. The first-order chi connectivity index (χ1) is 15.6. The summed E-state index contributed by atoms with van der Waals surface area (Å²) in [6, 6.07) is 9.83. The monoisotopic (exact) mass is 440 g/mol. The predicted octanol–water partition coefficient (Wildman–Crippen LogP) is 6.20. The molecule has 0 unspecified atom stereocenters. The molecule has 1 aliphatic rings. The number of likely N-dealkylation sites (N-methyl/N-ethyl adjacent to an activating group) is 1. The van der Waals surface area contributed by atoms with Gasteiger partial charge in [-0.25, -0.2) is 0 Å². The lowest BCUT2D eigenvalue weighted by atomic mass is 9.96. The average Bonchev–Trinajstić information content (AvgIpc) is 2.78. The van der Waals surface area contributed by atoms with Gasteiger partial charge in [0.1, 0.15) is 6.04 Å². The molecule has 1 aromatic carbocycles. The first-order valence-corrected chi connectivity index (χ1v) is 12.8. The van der Waals surface area contributed by atoms with Gasteiger partial charge in [0.15, 0.2) is 0 Å². The van der Waals surface area contributed by atoms with E-state index in [1.54, 1.807) is 11.9 Å². The number of rotatable bonds is 13. The molecule has 1 fully saturated rings. The second kappa shape index (κ2) is 15.7. The minimum absolute atomic E-state index is 0.000276. The number of nitrogens with one attached hydrogen (secondary N) is 1. The van der Waals surface area contributed by atoms with Gasteiger partial charge in [0.05, 0.1) is 0 Å². The summed E-state index contributed by atoms with van der Waals surface area (Å²) in [4.78, 5) is 28.0. The molecular formula is C28H44N2O2. The Morgan fingerprint density at radius 2 is 1.62 bits per heavy atom. The van der Waals surface area contributed by atoms with E-state index < -0.39 is 6.04 Å². The lowest BCUT2D eigenvalue weighted by Gasteiger charge is -2.30. The van der Waals surface area contributed by atoms with Crippen molar-refractivity contribution in [3.05, 3.63) is 48.6 Å². The zero-order chi connectivity index (χ0) is 23.0. The summed E-state index contributed by atoms with van der Waals surface area (Å²) in [7, 11) is 1.80. The van der Waals surface area contributed by atoms with E-state index in [1.807, 2.05) is 36.4 Å². The zero-order valence-electron chi connectivity index (χ0n) is 20.2. The van der Waals surface area contributed by atoms with Crippen molar-refractivity contribution in [2.75, 3.05) is 7.05 Å². The fraction of sp³-hybridized carbons (Fsp3) is 0.643. The zero-order valence-corrected chi connectivity index (χ0v) is 20.2. The van der Waals surface area contributed by atoms with Crippen LogP contribution in [0.15, 0.2) is 43.0 Å². The second-order valence-electron chi connectivity index (χ2n) is 9.36. The fourth-order valence-electron chi connectivity index (χ4n) is 4.59. The van der Waals surface area contributed by atoms with Crippen LogP contribution in [0.25, 0.3) is 0 Å². The summed E-state index contributed by atoms with van der Waals surface area (Å²) in [5.41, 5.74) is 1.09. The van der Waals surface area contributed by atoms with Crippen LogP contribution in [0.5, 0.6) is 0 Å². The van der Waals surface area contributed by atoms with Crippen LogP contribution in [0.2, 0.25) is 0 Å². The Hall–Kier alpha value is -2.10. The largest absolute Gasteiger partial charge is 0.352 e. The Kier molecular flexibility index (Phi) is 12.8. The van der Waals surface area contributed by atoms with Crippen LogP contribution < -0.4 is 5.32 Å². The maximum absolute atomic E-state index is 13.3. The van der Waals surface area contributed by atoms with Gasteiger partial charge in [-0.3, -0.25) is 9.59 Å². The minimum Gasteiger partial charge on any atom is -0.352 e. The summed E-state index contributed by atoms with van der Waals surface area (Å²) < 4.78 is 0. The van der Waals surface area contributed by atoms with Gasteiger partial charge in [-0.1, -0.05) is 87.8 Å². The number of benzene rings is 1. The number of carbonyl (C=O) groups is 2. The van der Waals surface area contributed by atoms with Crippen molar-refractivity contribution in [1.29, 1.82) is 0 Å². The van der Waals surface area contributed by atoms with Crippen molar-refractivity contribution in [1.82, 2.24) is 10.2 Å². The molecule has 1 N–H and O–H groups in total. The van der Waals surface area contributed by atoms with Crippen molar-refractivity contribution in [2.24, 2.45) is 0 Å². The Balaban J connectivity index is 1.92. The maximum Gasteiger partial charge on any atom is 0.243 e. The fourth-order valence-corrected chi connectivity index (χ4v) is 4.59. The molecule has 2 amide bonds. The molecule has 4 nitrogen and oxygen atoms in total. The summed E-state index contributed by atoms with van der Waals surface area (Å²) >= 11 is 0. The Labute approximate surface area is 195 Å². The van der Waals surface area contributed by atoms with Crippen LogP contribution in [0.1, 0.15) is 95.5 Å². The van der Waals surface area contributed by atoms with E-state index >= 15 is 0 Å². The Morgan fingerprint density at radius 3 is 2.31 bits per heavy atom. The van der Waals surface area contributed by atoms with Crippen LogP contribution in [-0.2, 0) is 16.0 Å². The van der Waals surface area contributed by atoms with Gasteiger partial charge in [-0.05, 0) is 37.7 Å². The molecule has 0 radical (unpaired) electrons. The number of carbonyl (C=O) groups excluding carboxylic acids is 2. The molecule has 1 aromatic rings. The predicted molar refractivity (Wildman–Crippen MR) is 133 cm³/mol. The molecule has 1 aliphatic carbocycles. The number of allylic oxidation sites excluding steroid dienone is 1. The standard InChI is InChI=1S/C28H44N2O2/c1-3-4-5-6-7-11-17-22-27(31)30(2)26(23-24-18-13-12-14-19-24)28(32)29-25-20-15-9-8-10-16-21-25/h3,12-14,18-19,25-26H,1,4-11,15-17,20-23H2,2H3,(H,29,32)/t26-/m0/s1. The summed E-state index contributed by atoms with van der Waals surface area (Å²) in [5.74, 6) is 0.0736. The Bertz CT molecular complexity index is 665. The first kappa shape index (κ1) is 26.2. The molecule has 0 saturated heterocycles. The number of unbranched alkanes of at least 4 members (excludes halogenated alkanes) is 5. The highest BCUT2D eigenvalue weighted by atomic mass is 16.2. The van der Waals surface area contributed by atoms with Crippen LogP contribution >= 0.6 is 0 Å². The summed E-state index contributed by atoms with van der Waals surface area (Å²) in [5, 5.41) is 3.30. The van der Waals surface area contributed by atoms with E-state index in [0.29, 0.717) is 12.8 Å². The van der Waals surface area contributed by atoms with Crippen LogP contribution in [0.3, 0.4) is 0 Å². The van der Waals surface area contributed by atoms with E-state index in [4.69, 9.17) is 0 Å². The molecule has 0 aromatic heterocycles. The maximum atomic E-state index is 13.3.